The summed E-state index contributed by atoms with van der Waals surface area (Å²) in [5.74, 6) is -1.19. The van der Waals surface area contributed by atoms with Crippen LogP contribution in [-0.4, -0.2) is 36.5 Å². The van der Waals surface area contributed by atoms with Crippen LogP contribution in [0.25, 0.3) is 11.5 Å². The molecule has 0 fully saturated rings. The molecule has 2 N–H and O–H groups in total. The lowest BCUT2D eigenvalue weighted by atomic mass is 10.1. The number of pyridine rings is 2. The van der Waals surface area contributed by atoms with Crippen molar-refractivity contribution in [3.05, 3.63) is 82.6 Å². The van der Waals surface area contributed by atoms with Crippen molar-refractivity contribution in [3.63, 3.8) is 0 Å². The molecule has 0 aliphatic rings. The van der Waals surface area contributed by atoms with E-state index >= 15 is 0 Å². The third kappa shape index (κ3) is 6.06. The first-order valence-electron chi connectivity index (χ1n) is 10.2. The van der Waals surface area contributed by atoms with Crippen LogP contribution in [0.5, 0.6) is 0 Å². The second kappa shape index (κ2) is 11.2. The number of carbonyl (C=O) groups is 2. The lowest BCUT2D eigenvalue weighted by molar-refractivity contribution is 0.101. The summed E-state index contributed by atoms with van der Waals surface area (Å²) in [5, 5.41) is 13.2. The molecule has 4 aromatic rings. The van der Waals surface area contributed by atoms with Gasteiger partial charge in [-0.2, -0.15) is 0 Å². The number of halogens is 3. The van der Waals surface area contributed by atoms with Crippen molar-refractivity contribution in [2.24, 2.45) is 0 Å². The minimum atomic E-state index is -0.743. The van der Waals surface area contributed by atoms with Crippen molar-refractivity contribution in [2.45, 2.75) is 19.9 Å². The maximum Gasteiger partial charge on any atom is 0.274 e. The molecule has 0 unspecified atom stereocenters. The normalized spacial score (nSPS) is 10.5. The molecule has 0 saturated carbocycles. The van der Waals surface area contributed by atoms with Gasteiger partial charge >= 0.3 is 0 Å². The van der Waals surface area contributed by atoms with E-state index in [1.54, 1.807) is 30.6 Å². The summed E-state index contributed by atoms with van der Waals surface area (Å²) in [6.45, 7) is 3.97. The van der Waals surface area contributed by atoms with Gasteiger partial charge in [0.2, 0.25) is 0 Å². The minimum Gasteiger partial charge on any atom is -0.321 e. The zero-order valence-corrected chi connectivity index (χ0v) is 21.0. The number of nitrogens with zero attached hydrogens (tertiary/aromatic N) is 5. The molecule has 0 atom stereocenters. The largest absolute Gasteiger partial charge is 0.321 e. The third-order valence-electron chi connectivity index (χ3n) is 4.78. The number of anilines is 2. The van der Waals surface area contributed by atoms with Gasteiger partial charge in [0.05, 0.1) is 5.56 Å². The number of hydrogen-bond acceptors (Lipinski definition) is 6. The molecule has 0 spiro atoms. The van der Waals surface area contributed by atoms with Gasteiger partial charge in [0, 0.05) is 22.4 Å². The molecule has 0 aliphatic carbocycles. The number of nitrogens with one attached hydrogen (secondary N) is 2. The lowest BCUT2D eigenvalue weighted by Gasteiger charge is -2.11. The molecule has 1 aromatic carbocycles. The first-order valence-corrected chi connectivity index (χ1v) is 11.0. The van der Waals surface area contributed by atoms with Gasteiger partial charge in [0.15, 0.2) is 5.82 Å². The Morgan fingerprint density at radius 1 is 1.06 bits per heavy atom. The van der Waals surface area contributed by atoms with Crippen LogP contribution in [0.2, 0.25) is 0 Å². The average Bonchev–Trinajstić information content (AvgIpc) is 3.31. The Balaban J connectivity index is 0.00000342. The fourth-order valence-electron chi connectivity index (χ4n) is 3.10. The molecule has 0 bridgehead atoms. The summed E-state index contributed by atoms with van der Waals surface area (Å²) >= 11 is 3.25. The first-order chi connectivity index (χ1) is 16.3. The van der Waals surface area contributed by atoms with Gasteiger partial charge in [-0.1, -0.05) is 6.07 Å². The number of hydrogen-bond donors (Lipinski definition) is 2. The number of benzene rings is 1. The summed E-state index contributed by atoms with van der Waals surface area (Å²) in [6.07, 6.45) is 3.09. The van der Waals surface area contributed by atoms with E-state index in [2.05, 4.69) is 46.7 Å². The Labute approximate surface area is 214 Å². The molecule has 4 rings (SSSR count). The molecular weight excluding hydrogens is 541 g/mol. The Morgan fingerprint density at radius 2 is 1.86 bits per heavy atom. The third-order valence-corrected chi connectivity index (χ3v) is 5.25. The Hall–Kier alpha value is -3.70. The number of carbonyl (C=O) groups excluding carboxylic acids is 2. The van der Waals surface area contributed by atoms with E-state index in [0.717, 1.165) is 10.5 Å². The van der Waals surface area contributed by atoms with E-state index < -0.39 is 17.6 Å². The molecule has 12 heteroatoms. The van der Waals surface area contributed by atoms with Crippen molar-refractivity contribution >= 4 is 51.7 Å². The van der Waals surface area contributed by atoms with Gasteiger partial charge < -0.3 is 15.2 Å². The van der Waals surface area contributed by atoms with Crippen LogP contribution >= 0.6 is 28.3 Å². The van der Waals surface area contributed by atoms with Crippen LogP contribution in [0, 0.1) is 5.82 Å². The minimum absolute atomic E-state index is 0. The van der Waals surface area contributed by atoms with Crippen LogP contribution in [0.4, 0.5) is 15.9 Å². The van der Waals surface area contributed by atoms with Crippen molar-refractivity contribution in [1.29, 1.82) is 0 Å². The molecule has 0 radical (unpaired) electrons. The molecule has 180 valence electrons. The highest BCUT2D eigenvalue weighted by Crippen LogP contribution is 2.21. The van der Waals surface area contributed by atoms with Gasteiger partial charge in [-0.15, -0.1) is 22.6 Å². The highest BCUT2D eigenvalue weighted by Gasteiger charge is 2.17. The topological polar surface area (TPSA) is 115 Å². The average molecular weight is 561 g/mol. The highest BCUT2D eigenvalue weighted by atomic mass is 79.9. The van der Waals surface area contributed by atoms with E-state index in [9.17, 15) is 14.0 Å². The molecule has 9 nitrogen and oxygen atoms in total. The zero-order valence-electron chi connectivity index (χ0n) is 18.6. The first kappa shape index (κ1) is 25.9. The lowest BCUT2D eigenvalue weighted by Crippen LogP contribution is -2.17. The van der Waals surface area contributed by atoms with E-state index in [1.165, 1.54) is 24.4 Å². The molecule has 35 heavy (non-hydrogen) atoms. The van der Waals surface area contributed by atoms with Crippen LogP contribution in [0.3, 0.4) is 0 Å². The Kier molecular flexibility index (Phi) is 8.26. The molecule has 3 heterocycles. The second-order valence-electron chi connectivity index (χ2n) is 7.53. The van der Waals surface area contributed by atoms with Crippen molar-refractivity contribution in [2.75, 3.05) is 10.6 Å². The summed E-state index contributed by atoms with van der Waals surface area (Å²) in [6, 6.07) is 12.1. The van der Waals surface area contributed by atoms with Crippen molar-refractivity contribution in [3.8, 4) is 11.5 Å². The summed E-state index contributed by atoms with van der Waals surface area (Å²) in [5.41, 5.74) is 0.674. The van der Waals surface area contributed by atoms with Crippen LogP contribution in [0.1, 0.15) is 40.7 Å². The highest BCUT2D eigenvalue weighted by molar-refractivity contribution is 9.10. The molecular formula is C23H20BrClFN7O2. The smallest absolute Gasteiger partial charge is 0.274 e. The summed E-state index contributed by atoms with van der Waals surface area (Å²) in [7, 11) is 0. The molecule has 0 aliphatic heterocycles. The van der Waals surface area contributed by atoms with Crippen LogP contribution < -0.4 is 10.6 Å². The van der Waals surface area contributed by atoms with Crippen molar-refractivity contribution < 1.29 is 14.0 Å². The van der Waals surface area contributed by atoms with Crippen molar-refractivity contribution in [1.82, 2.24) is 24.7 Å². The van der Waals surface area contributed by atoms with Crippen LogP contribution in [0.15, 0.2) is 65.5 Å². The molecule has 0 saturated heterocycles. The predicted octanol–water partition coefficient (Wildman–Crippen LogP) is 5.14. The maximum absolute atomic E-state index is 14.4. The maximum atomic E-state index is 14.4. The van der Waals surface area contributed by atoms with Gasteiger partial charge in [-0.05, 0) is 72.2 Å². The van der Waals surface area contributed by atoms with Gasteiger partial charge in [-0.25, -0.2) is 14.4 Å². The number of amides is 2. The predicted molar refractivity (Wildman–Crippen MR) is 135 cm³/mol. The summed E-state index contributed by atoms with van der Waals surface area (Å²) in [4.78, 5) is 33.6. The van der Waals surface area contributed by atoms with Gasteiger partial charge in [-0.3, -0.25) is 9.59 Å². The fourth-order valence-corrected chi connectivity index (χ4v) is 3.33. The van der Waals surface area contributed by atoms with E-state index in [1.807, 2.05) is 18.4 Å². The molecule has 3 aromatic heterocycles. The zero-order chi connectivity index (χ0) is 24.2. The number of aromatic nitrogens is 5. The Bertz CT molecular complexity index is 1360. The Morgan fingerprint density at radius 3 is 2.57 bits per heavy atom. The van der Waals surface area contributed by atoms with E-state index in [-0.39, 0.29) is 41.2 Å². The SMILES string of the molecule is CC(C)n1cnnc1-c1cccc(NC(=O)c2cc(NC(=O)c3ccc(Br)cn3)ccc2F)n1.Cl. The van der Waals surface area contributed by atoms with Gasteiger partial charge in [0.1, 0.15) is 29.4 Å². The fraction of sp³-hybridized carbons (Fsp3) is 0.130. The van der Waals surface area contributed by atoms with Gasteiger partial charge in [0.25, 0.3) is 11.8 Å². The summed E-state index contributed by atoms with van der Waals surface area (Å²) < 4.78 is 17.0. The monoisotopic (exact) mass is 559 g/mol. The van der Waals surface area contributed by atoms with E-state index in [4.69, 9.17) is 0 Å². The number of rotatable bonds is 6. The quantitative estimate of drug-likeness (QED) is 0.337. The standard InChI is InChI=1S/C23H19BrFN7O2.ClH/c1-13(2)32-12-27-31-21(32)18-4-3-5-20(29-18)30-22(33)16-10-15(7-8-17(16)25)28-23(34)19-9-6-14(24)11-26-19;/h3-13H,1-2H3,(H,28,34)(H,29,30,33);1H. The van der Waals surface area contributed by atoms with Crippen LogP contribution in [-0.2, 0) is 0 Å². The second-order valence-corrected chi connectivity index (χ2v) is 8.44. The molecule has 2 amide bonds. The van der Waals surface area contributed by atoms with E-state index in [0.29, 0.717) is 11.5 Å².